The van der Waals surface area contributed by atoms with E-state index in [0.717, 1.165) is 6.20 Å². The average molecular weight is 208 g/mol. The highest BCUT2D eigenvalue weighted by Gasteiger charge is 2.34. The van der Waals surface area contributed by atoms with Gasteiger partial charge in [0, 0.05) is 6.54 Å². The lowest BCUT2D eigenvalue weighted by atomic mass is 10.5. The fourth-order valence-electron chi connectivity index (χ4n) is 0.840. The number of alkyl halides is 3. The summed E-state index contributed by atoms with van der Waals surface area (Å²) in [5, 5.41) is 6.41. The van der Waals surface area contributed by atoms with E-state index in [2.05, 4.69) is 10.3 Å². The Labute approximate surface area is 79.3 Å². The van der Waals surface area contributed by atoms with Gasteiger partial charge in [-0.1, -0.05) is 5.21 Å². The van der Waals surface area contributed by atoms with E-state index in [1.807, 2.05) is 19.0 Å². The number of halogens is 3. The zero-order valence-electron chi connectivity index (χ0n) is 7.91. The van der Waals surface area contributed by atoms with Gasteiger partial charge in [-0.15, -0.1) is 5.10 Å². The normalized spacial score (nSPS) is 12.4. The second-order valence-corrected chi connectivity index (χ2v) is 3.17. The van der Waals surface area contributed by atoms with Gasteiger partial charge in [0.25, 0.3) is 0 Å². The van der Waals surface area contributed by atoms with Gasteiger partial charge in [0.1, 0.15) is 0 Å². The predicted octanol–water partition coefficient (Wildman–Crippen LogP) is 0.858. The molecule has 1 heterocycles. The summed E-state index contributed by atoms with van der Waals surface area (Å²) in [4.78, 5) is 1.86. The van der Waals surface area contributed by atoms with Gasteiger partial charge in [0.2, 0.25) is 0 Å². The largest absolute Gasteiger partial charge is 0.436 e. The van der Waals surface area contributed by atoms with Crippen molar-refractivity contribution >= 4 is 0 Å². The Morgan fingerprint density at radius 2 is 2.07 bits per heavy atom. The smallest absolute Gasteiger partial charge is 0.308 e. The first kappa shape index (κ1) is 11.0. The lowest BCUT2D eigenvalue weighted by molar-refractivity contribution is -0.141. The first-order chi connectivity index (χ1) is 6.39. The highest BCUT2D eigenvalue weighted by molar-refractivity contribution is 4.97. The summed E-state index contributed by atoms with van der Waals surface area (Å²) in [7, 11) is 3.67. The van der Waals surface area contributed by atoms with E-state index in [0.29, 0.717) is 13.1 Å². The molecule has 0 amide bonds. The molecular formula is C7H11F3N4. The van der Waals surface area contributed by atoms with Gasteiger partial charge < -0.3 is 4.90 Å². The molecule has 4 nitrogen and oxygen atoms in total. The lowest BCUT2D eigenvalue weighted by Crippen LogP contribution is -2.18. The Kier molecular flexibility index (Phi) is 3.10. The topological polar surface area (TPSA) is 34.0 Å². The summed E-state index contributed by atoms with van der Waals surface area (Å²) in [6.45, 7) is 1.02. The van der Waals surface area contributed by atoms with E-state index in [1.165, 1.54) is 4.68 Å². The van der Waals surface area contributed by atoms with Crippen molar-refractivity contribution in [2.75, 3.05) is 20.6 Å². The molecule has 0 saturated carbocycles. The van der Waals surface area contributed by atoms with Gasteiger partial charge in [-0.05, 0) is 14.1 Å². The molecule has 0 aromatic carbocycles. The molecule has 0 bridgehead atoms. The van der Waals surface area contributed by atoms with Gasteiger partial charge >= 0.3 is 6.18 Å². The predicted molar refractivity (Wildman–Crippen MR) is 43.6 cm³/mol. The van der Waals surface area contributed by atoms with Crippen LogP contribution in [0.2, 0.25) is 0 Å². The van der Waals surface area contributed by atoms with Crippen LogP contribution in [0.1, 0.15) is 5.69 Å². The van der Waals surface area contributed by atoms with Crippen LogP contribution in [0.3, 0.4) is 0 Å². The zero-order valence-corrected chi connectivity index (χ0v) is 7.91. The van der Waals surface area contributed by atoms with Gasteiger partial charge in [-0.2, -0.15) is 13.2 Å². The summed E-state index contributed by atoms with van der Waals surface area (Å²) in [5.74, 6) is 0. The van der Waals surface area contributed by atoms with E-state index in [4.69, 9.17) is 0 Å². The number of aromatic nitrogens is 3. The monoisotopic (exact) mass is 208 g/mol. The van der Waals surface area contributed by atoms with Crippen LogP contribution >= 0.6 is 0 Å². The fourth-order valence-corrected chi connectivity index (χ4v) is 0.840. The molecule has 0 spiro atoms. The molecule has 0 aliphatic carbocycles. The summed E-state index contributed by atoms with van der Waals surface area (Å²) in [5.41, 5.74) is -0.948. The Morgan fingerprint density at radius 3 is 2.50 bits per heavy atom. The van der Waals surface area contributed by atoms with Crippen molar-refractivity contribution in [1.82, 2.24) is 19.9 Å². The zero-order chi connectivity index (χ0) is 10.8. The molecule has 0 saturated heterocycles. The van der Waals surface area contributed by atoms with Gasteiger partial charge in [0.05, 0.1) is 12.7 Å². The van der Waals surface area contributed by atoms with Gasteiger partial charge in [-0.25, -0.2) is 0 Å². The van der Waals surface area contributed by atoms with Crippen LogP contribution in [0.5, 0.6) is 0 Å². The average Bonchev–Trinajstić information content (AvgIpc) is 2.47. The van der Waals surface area contributed by atoms with Crippen LogP contribution in [0.25, 0.3) is 0 Å². The molecule has 0 aliphatic rings. The van der Waals surface area contributed by atoms with Crippen molar-refractivity contribution in [3.8, 4) is 0 Å². The summed E-state index contributed by atoms with van der Waals surface area (Å²) >= 11 is 0. The number of nitrogens with zero attached hydrogens (tertiary/aromatic N) is 4. The van der Waals surface area contributed by atoms with Crippen molar-refractivity contribution in [3.05, 3.63) is 11.9 Å². The Bertz CT molecular complexity index is 291. The van der Waals surface area contributed by atoms with Gasteiger partial charge in [-0.3, -0.25) is 4.68 Å². The van der Waals surface area contributed by atoms with Crippen molar-refractivity contribution in [2.24, 2.45) is 0 Å². The SMILES string of the molecule is CN(C)CCn1cc(C(F)(F)F)nn1. The first-order valence-corrected chi connectivity index (χ1v) is 4.01. The van der Waals surface area contributed by atoms with E-state index < -0.39 is 11.9 Å². The quantitative estimate of drug-likeness (QED) is 0.738. The standard InChI is InChI=1S/C7H11F3N4/c1-13(2)3-4-14-5-6(11-12-14)7(8,9)10/h5H,3-4H2,1-2H3. The van der Waals surface area contributed by atoms with Crippen LogP contribution in [-0.2, 0) is 12.7 Å². The molecule has 1 rings (SSSR count). The van der Waals surface area contributed by atoms with Crippen LogP contribution < -0.4 is 0 Å². The van der Waals surface area contributed by atoms with E-state index in [9.17, 15) is 13.2 Å². The minimum atomic E-state index is -4.41. The van der Waals surface area contributed by atoms with E-state index in [1.54, 1.807) is 0 Å². The summed E-state index contributed by atoms with van der Waals surface area (Å²) < 4.78 is 37.4. The minimum Gasteiger partial charge on any atom is -0.308 e. The summed E-state index contributed by atoms with van der Waals surface area (Å²) in [6, 6.07) is 0. The molecule has 80 valence electrons. The van der Waals surface area contributed by atoms with Crippen LogP contribution in [0.15, 0.2) is 6.20 Å². The molecule has 0 fully saturated rings. The third kappa shape index (κ3) is 2.99. The van der Waals surface area contributed by atoms with Crippen LogP contribution in [-0.4, -0.2) is 40.5 Å². The molecule has 14 heavy (non-hydrogen) atoms. The van der Waals surface area contributed by atoms with E-state index in [-0.39, 0.29) is 0 Å². The van der Waals surface area contributed by atoms with Crippen LogP contribution in [0, 0.1) is 0 Å². The molecular weight excluding hydrogens is 197 g/mol. The van der Waals surface area contributed by atoms with Crippen molar-refractivity contribution in [3.63, 3.8) is 0 Å². The number of rotatable bonds is 3. The molecule has 0 radical (unpaired) electrons. The molecule has 0 aliphatic heterocycles. The number of hydrogen-bond donors (Lipinski definition) is 0. The maximum atomic E-state index is 12.1. The highest BCUT2D eigenvalue weighted by atomic mass is 19.4. The lowest BCUT2D eigenvalue weighted by Gasteiger charge is -2.07. The molecule has 1 aromatic heterocycles. The van der Waals surface area contributed by atoms with Crippen molar-refractivity contribution in [1.29, 1.82) is 0 Å². The van der Waals surface area contributed by atoms with Crippen molar-refractivity contribution in [2.45, 2.75) is 12.7 Å². The van der Waals surface area contributed by atoms with Crippen LogP contribution in [0.4, 0.5) is 13.2 Å². The maximum absolute atomic E-state index is 12.1. The molecule has 1 aromatic rings. The molecule has 0 atom stereocenters. The third-order valence-corrected chi connectivity index (χ3v) is 1.61. The molecule has 7 heteroatoms. The highest BCUT2D eigenvalue weighted by Crippen LogP contribution is 2.26. The second-order valence-electron chi connectivity index (χ2n) is 3.17. The minimum absolute atomic E-state index is 0.399. The third-order valence-electron chi connectivity index (χ3n) is 1.61. The second kappa shape index (κ2) is 3.95. The summed E-state index contributed by atoms with van der Waals surface area (Å²) in [6.07, 6.45) is -3.50. The fraction of sp³-hybridized carbons (Fsp3) is 0.714. The first-order valence-electron chi connectivity index (χ1n) is 4.01. The van der Waals surface area contributed by atoms with E-state index >= 15 is 0 Å². The Morgan fingerprint density at radius 1 is 1.43 bits per heavy atom. The number of hydrogen-bond acceptors (Lipinski definition) is 3. The number of likely N-dealkylation sites (N-methyl/N-ethyl adjacent to an activating group) is 1. The van der Waals surface area contributed by atoms with Crippen molar-refractivity contribution < 1.29 is 13.2 Å². The Balaban J connectivity index is 2.60. The van der Waals surface area contributed by atoms with Gasteiger partial charge in [0.15, 0.2) is 5.69 Å². The Hall–Kier alpha value is -1.11. The maximum Gasteiger partial charge on any atom is 0.436 e. The molecule has 0 N–H and O–H groups in total. The molecule has 0 unspecified atom stereocenters.